The number of anilines is 1. The Morgan fingerprint density at radius 2 is 1.77 bits per heavy atom. The van der Waals surface area contributed by atoms with Crippen LogP contribution in [-0.2, 0) is 4.74 Å². The van der Waals surface area contributed by atoms with Gasteiger partial charge in [0.2, 0.25) is 0 Å². The van der Waals surface area contributed by atoms with E-state index in [1.807, 2.05) is 6.07 Å². The van der Waals surface area contributed by atoms with Crippen LogP contribution in [-0.4, -0.2) is 23.2 Å². The summed E-state index contributed by atoms with van der Waals surface area (Å²) in [6.07, 6.45) is 24.1. The molecule has 6 unspecified atom stereocenters. The lowest BCUT2D eigenvalue weighted by molar-refractivity contribution is 0.136. The summed E-state index contributed by atoms with van der Waals surface area (Å²) in [6, 6.07) is 22.2. The van der Waals surface area contributed by atoms with Gasteiger partial charge in [-0.3, -0.25) is 4.98 Å². The van der Waals surface area contributed by atoms with E-state index in [1.54, 1.807) is 12.4 Å². The van der Waals surface area contributed by atoms with Crippen molar-refractivity contribution in [1.29, 1.82) is 5.26 Å². The fraction of sp³-hybridized carbons (Fsp3) is 0.222. The first-order valence-electron chi connectivity index (χ1n) is 14.2. The fourth-order valence-electron chi connectivity index (χ4n) is 7.69. The van der Waals surface area contributed by atoms with Gasteiger partial charge in [0.25, 0.3) is 0 Å². The summed E-state index contributed by atoms with van der Waals surface area (Å²) in [5, 5.41) is 9.70. The molecule has 4 nitrogen and oxygen atoms in total. The molecule has 0 amide bonds. The van der Waals surface area contributed by atoms with Crippen LogP contribution >= 0.6 is 0 Å². The lowest BCUT2D eigenvalue weighted by atomic mass is 9.72. The minimum atomic E-state index is 0.0937. The second kappa shape index (κ2) is 9.24. The number of para-hydroxylation sites is 1. The van der Waals surface area contributed by atoms with Crippen molar-refractivity contribution < 1.29 is 4.74 Å². The number of allylic oxidation sites excluding steroid dienone is 4. The third-order valence-corrected chi connectivity index (χ3v) is 9.31. The Hall–Kier alpha value is -4.62. The first kappa shape index (κ1) is 23.3. The summed E-state index contributed by atoms with van der Waals surface area (Å²) in [6.45, 7) is 0. The van der Waals surface area contributed by atoms with Crippen LogP contribution in [0.2, 0.25) is 0 Å². The second-order valence-electron chi connectivity index (χ2n) is 11.3. The van der Waals surface area contributed by atoms with Gasteiger partial charge in [-0.25, -0.2) is 0 Å². The molecule has 3 heterocycles. The van der Waals surface area contributed by atoms with Gasteiger partial charge in [-0.05, 0) is 59.9 Å². The van der Waals surface area contributed by atoms with E-state index in [1.165, 1.54) is 16.8 Å². The highest BCUT2D eigenvalue weighted by atomic mass is 16.5. The summed E-state index contributed by atoms with van der Waals surface area (Å²) >= 11 is 0. The van der Waals surface area contributed by atoms with Crippen molar-refractivity contribution in [2.75, 3.05) is 4.90 Å². The predicted octanol–water partition coefficient (Wildman–Crippen LogP) is 7.39. The molecular weight excluding hydrogens is 490 g/mol. The molecule has 5 aliphatic rings. The number of nitrogens with zero attached hydrogens (tertiary/aromatic N) is 3. The van der Waals surface area contributed by atoms with Gasteiger partial charge in [0.05, 0.1) is 11.6 Å². The number of hydrogen-bond acceptors (Lipinski definition) is 4. The number of hydrogen-bond donors (Lipinski definition) is 0. The van der Waals surface area contributed by atoms with Crippen LogP contribution in [0.5, 0.6) is 0 Å². The molecule has 1 saturated heterocycles. The Morgan fingerprint density at radius 1 is 0.900 bits per heavy atom. The van der Waals surface area contributed by atoms with E-state index in [9.17, 15) is 5.26 Å². The molecular formula is C36H29N3O. The molecule has 2 aromatic carbocycles. The van der Waals surface area contributed by atoms with E-state index >= 15 is 0 Å². The van der Waals surface area contributed by atoms with Gasteiger partial charge in [-0.2, -0.15) is 5.26 Å². The van der Waals surface area contributed by atoms with Crippen LogP contribution in [0.3, 0.4) is 0 Å². The number of nitriles is 1. The van der Waals surface area contributed by atoms with Gasteiger partial charge in [0.15, 0.2) is 0 Å². The van der Waals surface area contributed by atoms with Crippen LogP contribution in [0.15, 0.2) is 127 Å². The Balaban J connectivity index is 1.27. The average molecular weight is 520 g/mol. The predicted molar refractivity (Wildman–Crippen MR) is 158 cm³/mol. The van der Waals surface area contributed by atoms with Gasteiger partial charge in [0.1, 0.15) is 17.9 Å². The van der Waals surface area contributed by atoms with Gasteiger partial charge in [0, 0.05) is 53.0 Å². The van der Waals surface area contributed by atoms with E-state index in [0.717, 1.165) is 35.3 Å². The van der Waals surface area contributed by atoms with Crippen LogP contribution in [0, 0.1) is 29.1 Å². The van der Waals surface area contributed by atoms with E-state index in [-0.39, 0.29) is 12.1 Å². The highest BCUT2D eigenvalue weighted by molar-refractivity contribution is 5.83. The van der Waals surface area contributed by atoms with Gasteiger partial charge < -0.3 is 9.64 Å². The number of pyridine rings is 1. The zero-order valence-electron chi connectivity index (χ0n) is 22.1. The largest absolute Gasteiger partial charge is 0.486 e. The third-order valence-electron chi connectivity index (χ3n) is 9.31. The summed E-state index contributed by atoms with van der Waals surface area (Å²) in [5.41, 5.74) is 7.63. The summed E-state index contributed by atoms with van der Waals surface area (Å²) in [5.74, 6) is 2.28. The first-order valence-corrected chi connectivity index (χ1v) is 14.2. The van der Waals surface area contributed by atoms with Crippen molar-refractivity contribution in [2.45, 2.75) is 31.0 Å². The normalized spacial score (nSPS) is 28.9. The van der Waals surface area contributed by atoms with Crippen molar-refractivity contribution in [3.8, 4) is 28.3 Å². The molecule has 4 heteroatoms. The SMILES string of the molecule is N#Cc1cnccc1-c1cccc(-c2ccccc2N2C3C=CC=CC3C3C=CC4OC5=C(CCC=C5)C4C32)c1. The first-order chi connectivity index (χ1) is 19.8. The molecule has 8 rings (SSSR count). The Morgan fingerprint density at radius 3 is 2.70 bits per heavy atom. The molecule has 0 radical (unpaired) electrons. The van der Waals surface area contributed by atoms with Crippen molar-refractivity contribution in [3.63, 3.8) is 0 Å². The van der Waals surface area contributed by atoms with E-state index in [2.05, 4.69) is 113 Å². The molecule has 6 atom stereocenters. The maximum atomic E-state index is 9.70. The van der Waals surface area contributed by atoms with E-state index in [0.29, 0.717) is 29.4 Å². The van der Waals surface area contributed by atoms with E-state index < -0.39 is 0 Å². The van der Waals surface area contributed by atoms with Gasteiger partial charge >= 0.3 is 0 Å². The van der Waals surface area contributed by atoms with Gasteiger partial charge in [-0.1, -0.05) is 72.9 Å². The molecule has 0 N–H and O–H groups in total. The van der Waals surface area contributed by atoms with Gasteiger partial charge in [-0.15, -0.1) is 0 Å². The van der Waals surface area contributed by atoms with Crippen molar-refractivity contribution >= 4 is 5.69 Å². The number of rotatable bonds is 3. The zero-order chi connectivity index (χ0) is 26.6. The van der Waals surface area contributed by atoms with Crippen molar-refractivity contribution in [2.24, 2.45) is 17.8 Å². The number of fused-ring (bicyclic) bond motifs is 6. The monoisotopic (exact) mass is 519 g/mol. The average Bonchev–Trinajstić information content (AvgIpc) is 3.57. The van der Waals surface area contributed by atoms with Crippen molar-refractivity contribution in [1.82, 2.24) is 4.98 Å². The number of benzene rings is 2. The minimum Gasteiger partial charge on any atom is -0.486 e. The summed E-state index contributed by atoms with van der Waals surface area (Å²) in [4.78, 5) is 6.87. The quantitative estimate of drug-likeness (QED) is 0.339. The summed E-state index contributed by atoms with van der Waals surface area (Å²) in [7, 11) is 0. The Kier molecular flexibility index (Phi) is 5.38. The maximum absolute atomic E-state index is 9.70. The fourth-order valence-corrected chi connectivity index (χ4v) is 7.69. The molecule has 194 valence electrons. The topological polar surface area (TPSA) is 49.2 Å². The molecule has 40 heavy (non-hydrogen) atoms. The molecule has 3 aliphatic carbocycles. The Labute approximate surface area is 234 Å². The molecule has 1 fully saturated rings. The smallest absolute Gasteiger partial charge is 0.125 e. The molecule has 1 aromatic heterocycles. The second-order valence-corrected chi connectivity index (χ2v) is 11.3. The van der Waals surface area contributed by atoms with Crippen molar-refractivity contribution in [3.05, 3.63) is 132 Å². The molecule has 0 bridgehead atoms. The highest BCUT2D eigenvalue weighted by Crippen LogP contribution is 2.54. The molecule has 0 spiro atoms. The van der Waals surface area contributed by atoms with Crippen LogP contribution in [0.4, 0.5) is 5.69 Å². The standard InChI is InChI=1S/C36H29N3O/c37-21-25-22-38-19-18-26(25)23-8-7-9-24(20-23)27-10-1-4-13-31(27)39-32-14-5-2-11-28(32)29-16-17-34-35(36(29)39)30-12-3-6-15-33(30)40-34/h1-2,4-11,13-20,22,28-29,32,34-36H,3,12H2. The van der Waals surface area contributed by atoms with Crippen LogP contribution in [0.25, 0.3) is 22.3 Å². The minimum absolute atomic E-state index is 0.0937. The third kappa shape index (κ3) is 3.47. The van der Waals surface area contributed by atoms with E-state index in [4.69, 9.17) is 4.74 Å². The molecule has 2 aliphatic heterocycles. The lowest BCUT2D eigenvalue weighted by Crippen LogP contribution is -2.47. The number of aromatic nitrogens is 1. The summed E-state index contributed by atoms with van der Waals surface area (Å²) < 4.78 is 6.53. The maximum Gasteiger partial charge on any atom is 0.125 e. The lowest BCUT2D eigenvalue weighted by Gasteiger charge is -2.41. The molecule has 3 aromatic rings. The Bertz CT molecular complexity index is 1700. The van der Waals surface area contributed by atoms with Crippen LogP contribution in [0.1, 0.15) is 18.4 Å². The van der Waals surface area contributed by atoms with Crippen LogP contribution < -0.4 is 4.90 Å². The molecule has 0 saturated carbocycles. The highest BCUT2D eigenvalue weighted by Gasteiger charge is 2.56. The zero-order valence-corrected chi connectivity index (χ0v) is 22.1. The number of ether oxygens (including phenoxy) is 1.